The van der Waals surface area contributed by atoms with Crippen LogP contribution in [0, 0.1) is 10.7 Å². The van der Waals surface area contributed by atoms with Crippen LogP contribution < -0.4 is 4.74 Å². The number of carbonyl (C=O) groups is 1. The molecule has 0 N–H and O–H groups in total. The van der Waals surface area contributed by atoms with Crippen LogP contribution in [-0.2, 0) is 4.79 Å². The van der Waals surface area contributed by atoms with E-state index in [1.54, 1.807) is 24.3 Å². The van der Waals surface area contributed by atoms with Gasteiger partial charge in [-0.1, -0.05) is 18.2 Å². The Morgan fingerprint density at radius 3 is 2.79 bits per heavy atom. The number of para-hydroxylation sites is 1. The zero-order chi connectivity index (χ0) is 10.2. The third-order valence-electron chi connectivity index (χ3n) is 1.29. The Morgan fingerprint density at radius 2 is 2.14 bits per heavy atom. The average Bonchev–Trinajstić information content (AvgIpc) is 2.20. The molecule has 0 unspecified atom stereocenters. The molecule has 1 aromatic carbocycles. The lowest BCUT2D eigenvalue weighted by molar-refractivity contribution is -0.128. The zero-order valence-corrected chi connectivity index (χ0v) is 8.03. The quantitative estimate of drug-likeness (QED) is 0.329. The average molecular weight is 205 g/mol. The molecule has 0 aromatic heterocycles. The number of hydrogen-bond donors (Lipinski definition) is 0. The lowest BCUT2D eigenvalue weighted by Crippen LogP contribution is -2.02. The minimum Gasteiger partial charge on any atom is -0.423 e. The number of thioether (sulfide) groups is 1. The van der Waals surface area contributed by atoms with Crippen LogP contribution in [0.2, 0.25) is 0 Å². The molecule has 1 aromatic rings. The molecule has 0 fully saturated rings. The van der Waals surface area contributed by atoms with E-state index in [0.717, 1.165) is 11.8 Å². The molecule has 1 rings (SSSR count). The molecular weight excluding hydrogens is 198 g/mol. The largest absolute Gasteiger partial charge is 0.423 e. The van der Waals surface area contributed by atoms with E-state index in [0.29, 0.717) is 5.75 Å². The molecule has 0 aliphatic rings. The maximum atomic E-state index is 11.1. The molecular formula is C10H7NO2S. The molecule has 14 heavy (non-hydrogen) atoms. The Hall–Kier alpha value is -1.73. The first kappa shape index (κ1) is 10.4. The molecule has 70 valence electrons. The second-order valence-corrected chi connectivity index (χ2v) is 2.94. The van der Waals surface area contributed by atoms with E-state index in [-0.39, 0.29) is 0 Å². The molecule has 0 aliphatic carbocycles. The van der Waals surface area contributed by atoms with Crippen molar-refractivity contribution in [3.63, 3.8) is 0 Å². The smallest absolute Gasteiger partial charge is 0.336 e. The van der Waals surface area contributed by atoms with E-state index in [4.69, 9.17) is 10.00 Å². The van der Waals surface area contributed by atoms with E-state index < -0.39 is 5.97 Å². The van der Waals surface area contributed by atoms with Crippen LogP contribution >= 0.6 is 11.8 Å². The van der Waals surface area contributed by atoms with E-state index in [1.165, 1.54) is 11.5 Å². The maximum absolute atomic E-state index is 11.1. The van der Waals surface area contributed by atoms with Gasteiger partial charge >= 0.3 is 5.97 Å². The van der Waals surface area contributed by atoms with Crippen molar-refractivity contribution in [1.82, 2.24) is 0 Å². The molecule has 0 amide bonds. The van der Waals surface area contributed by atoms with Gasteiger partial charge in [-0.25, -0.2) is 4.79 Å². The first-order chi connectivity index (χ1) is 6.83. The van der Waals surface area contributed by atoms with Crippen molar-refractivity contribution in [3.05, 3.63) is 41.8 Å². The van der Waals surface area contributed by atoms with Gasteiger partial charge in [-0.05, 0) is 29.3 Å². The third-order valence-corrected chi connectivity index (χ3v) is 1.66. The van der Waals surface area contributed by atoms with Gasteiger partial charge in [0.05, 0.1) is 0 Å². The number of nitriles is 1. The second kappa shape index (κ2) is 5.84. The van der Waals surface area contributed by atoms with Crippen molar-refractivity contribution in [2.75, 3.05) is 0 Å². The summed E-state index contributed by atoms with van der Waals surface area (Å²) in [5.74, 6) is 0.00283. The number of benzene rings is 1. The molecule has 0 saturated carbocycles. The van der Waals surface area contributed by atoms with Crippen molar-refractivity contribution in [2.45, 2.75) is 0 Å². The minimum atomic E-state index is -0.487. The predicted octanol–water partition coefficient (Wildman–Crippen LogP) is 2.32. The van der Waals surface area contributed by atoms with Crippen LogP contribution in [0.3, 0.4) is 0 Å². The van der Waals surface area contributed by atoms with Crippen molar-refractivity contribution >= 4 is 17.7 Å². The first-order valence-corrected chi connectivity index (χ1v) is 4.69. The number of thiocyanates is 1. The Labute approximate surface area is 86.0 Å². The van der Waals surface area contributed by atoms with Crippen molar-refractivity contribution < 1.29 is 9.53 Å². The Bertz CT molecular complexity index is 367. The summed E-state index contributed by atoms with van der Waals surface area (Å²) in [6, 6.07) is 8.75. The second-order valence-electron chi connectivity index (χ2n) is 2.25. The Morgan fingerprint density at radius 1 is 1.43 bits per heavy atom. The van der Waals surface area contributed by atoms with Gasteiger partial charge in [0, 0.05) is 6.08 Å². The van der Waals surface area contributed by atoms with Crippen LogP contribution in [-0.4, -0.2) is 5.97 Å². The number of nitrogens with zero attached hydrogens (tertiary/aromatic N) is 1. The summed E-state index contributed by atoms with van der Waals surface area (Å²) in [5, 5.41) is 11.4. The highest BCUT2D eigenvalue weighted by Gasteiger charge is 1.97. The van der Waals surface area contributed by atoms with Crippen LogP contribution in [0.5, 0.6) is 5.75 Å². The molecule has 0 spiro atoms. The van der Waals surface area contributed by atoms with Gasteiger partial charge in [0.15, 0.2) is 0 Å². The summed E-state index contributed by atoms with van der Waals surface area (Å²) in [7, 11) is 0. The summed E-state index contributed by atoms with van der Waals surface area (Å²) >= 11 is 0.871. The highest BCUT2D eigenvalue weighted by Crippen LogP contribution is 2.09. The van der Waals surface area contributed by atoms with Crippen molar-refractivity contribution in [3.8, 4) is 11.2 Å². The normalized spacial score (nSPS) is 9.64. The monoisotopic (exact) mass is 205 g/mol. The van der Waals surface area contributed by atoms with E-state index >= 15 is 0 Å². The van der Waals surface area contributed by atoms with Crippen molar-refractivity contribution in [1.29, 1.82) is 5.26 Å². The summed E-state index contributed by atoms with van der Waals surface area (Å²) in [4.78, 5) is 11.1. The van der Waals surface area contributed by atoms with Gasteiger partial charge in [-0.2, -0.15) is 5.26 Å². The van der Waals surface area contributed by atoms with Gasteiger partial charge in [0.25, 0.3) is 0 Å². The van der Waals surface area contributed by atoms with E-state index in [1.807, 2.05) is 11.5 Å². The zero-order valence-electron chi connectivity index (χ0n) is 7.21. The Balaban J connectivity index is 2.47. The topological polar surface area (TPSA) is 50.1 Å². The van der Waals surface area contributed by atoms with Crippen LogP contribution in [0.25, 0.3) is 0 Å². The fraction of sp³-hybridized carbons (Fsp3) is 0. The summed E-state index contributed by atoms with van der Waals surface area (Å²) in [6.45, 7) is 0. The van der Waals surface area contributed by atoms with Crippen LogP contribution in [0.1, 0.15) is 0 Å². The molecule has 3 nitrogen and oxygen atoms in total. The predicted molar refractivity (Wildman–Crippen MR) is 54.4 cm³/mol. The van der Waals surface area contributed by atoms with Gasteiger partial charge < -0.3 is 4.74 Å². The Kier molecular flexibility index (Phi) is 4.32. The van der Waals surface area contributed by atoms with Gasteiger partial charge in [-0.3, -0.25) is 0 Å². The number of carbonyl (C=O) groups excluding carboxylic acids is 1. The fourth-order valence-electron chi connectivity index (χ4n) is 0.759. The fourth-order valence-corrected chi connectivity index (χ4v) is 0.999. The van der Waals surface area contributed by atoms with Gasteiger partial charge in [0.1, 0.15) is 11.2 Å². The maximum Gasteiger partial charge on any atom is 0.336 e. The lowest BCUT2D eigenvalue weighted by atomic mass is 10.3. The van der Waals surface area contributed by atoms with Crippen LogP contribution in [0.4, 0.5) is 0 Å². The van der Waals surface area contributed by atoms with Gasteiger partial charge in [0.2, 0.25) is 0 Å². The highest BCUT2D eigenvalue weighted by molar-refractivity contribution is 8.06. The number of ether oxygens (including phenoxy) is 1. The lowest BCUT2D eigenvalue weighted by Gasteiger charge is -1.98. The third kappa shape index (κ3) is 3.78. The van der Waals surface area contributed by atoms with Crippen molar-refractivity contribution in [2.24, 2.45) is 0 Å². The molecule has 0 aliphatic heterocycles. The molecule has 0 saturated heterocycles. The molecule has 0 bridgehead atoms. The molecule has 0 radical (unpaired) electrons. The summed E-state index contributed by atoms with van der Waals surface area (Å²) < 4.78 is 4.91. The minimum absolute atomic E-state index is 0.487. The summed E-state index contributed by atoms with van der Waals surface area (Å²) in [5.41, 5.74) is 0. The molecule has 0 heterocycles. The van der Waals surface area contributed by atoms with Gasteiger partial charge in [-0.15, -0.1) is 0 Å². The van der Waals surface area contributed by atoms with Crippen LogP contribution in [0.15, 0.2) is 41.8 Å². The van der Waals surface area contributed by atoms with E-state index in [2.05, 4.69) is 0 Å². The highest BCUT2D eigenvalue weighted by atomic mass is 32.2. The molecule has 0 atom stereocenters. The number of esters is 1. The SMILES string of the molecule is N#CSC=CC(=O)Oc1ccccc1. The number of hydrogen-bond acceptors (Lipinski definition) is 4. The van der Waals surface area contributed by atoms with E-state index in [9.17, 15) is 4.79 Å². The summed E-state index contributed by atoms with van der Waals surface area (Å²) in [6.07, 6.45) is 1.21. The first-order valence-electron chi connectivity index (χ1n) is 3.81. The molecule has 4 heteroatoms. The number of rotatable bonds is 3. The standard InChI is InChI=1S/C10H7NO2S/c11-8-14-7-6-10(12)13-9-4-2-1-3-5-9/h1-7H.